The average Bonchev–Trinajstić information content (AvgIpc) is 2.99. The largest absolute Gasteiger partial charge is 0.481 e. The van der Waals surface area contributed by atoms with E-state index >= 15 is 0 Å². The zero-order valence-corrected chi connectivity index (χ0v) is 11.8. The number of nitrogens with one attached hydrogen (secondary N) is 2. The fourth-order valence-electron chi connectivity index (χ4n) is 2.18. The molecule has 1 aromatic heterocycles. The van der Waals surface area contributed by atoms with Gasteiger partial charge in [-0.2, -0.15) is 5.10 Å². The van der Waals surface area contributed by atoms with Gasteiger partial charge < -0.3 is 15.3 Å². The fraction of sp³-hybridized carbons (Fsp3) is 0.667. The molecule has 2 heterocycles. The van der Waals surface area contributed by atoms with E-state index in [-0.39, 0.29) is 12.5 Å². The molecular formula is C12H20N6O3. The Hall–Kier alpha value is -2.16. The van der Waals surface area contributed by atoms with Gasteiger partial charge in [0.2, 0.25) is 0 Å². The number of carboxylic acids is 1. The Morgan fingerprint density at radius 2 is 2.10 bits per heavy atom. The quantitative estimate of drug-likeness (QED) is 0.630. The number of carbonyl (C=O) groups excluding carboxylic acids is 1. The van der Waals surface area contributed by atoms with E-state index in [9.17, 15) is 9.59 Å². The Kier molecular flexibility index (Phi) is 5.50. The molecule has 0 spiro atoms. The summed E-state index contributed by atoms with van der Waals surface area (Å²) in [7, 11) is 0. The lowest BCUT2D eigenvalue weighted by molar-refractivity contribution is -0.137. The van der Waals surface area contributed by atoms with Gasteiger partial charge in [-0.1, -0.05) is 0 Å². The van der Waals surface area contributed by atoms with Gasteiger partial charge in [0.25, 0.3) is 0 Å². The number of hydrogen-bond acceptors (Lipinski definition) is 5. The topological polar surface area (TPSA) is 114 Å². The Bertz CT molecular complexity index is 456. The van der Waals surface area contributed by atoms with Crippen molar-refractivity contribution in [1.29, 1.82) is 0 Å². The molecule has 1 aliphatic heterocycles. The van der Waals surface area contributed by atoms with Crippen molar-refractivity contribution >= 4 is 12.0 Å². The molecule has 1 aliphatic rings. The first-order valence-corrected chi connectivity index (χ1v) is 6.96. The average molecular weight is 296 g/mol. The predicted molar refractivity (Wildman–Crippen MR) is 73.8 cm³/mol. The minimum absolute atomic E-state index is 0.0904. The van der Waals surface area contributed by atoms with Crippen LogP contribution in [0.1, 0.15) is 12.2 Å². The summed E-state index contributed by atoms with van der Waals surface area (Å²) in [6.07, 6.45) is 2.20. The molecular weight excluding hydrogens is 276 g/mol. The molecule has 0 bridgehead atoms. The minimum atomic E-state index is -0.789. The maximum atomic E-state index is 12.0. The van der Waals surface area contributed by atoms with Crippen LogP contribution >= 0.6 is 0 Å². The molecule has 2 amide bonds. The molecule has 2 rings (SSSR count). The van der Waals surface area contributed by atoms with Crippen molar-refractivity contribution in [3.63, 3.8) is 0 Å². The maximum absolute atomic E-state index is 12.0. The number of nitrogens with zero attached hydrogens (tertiary/aromatic N) is 4. The van der Waals surface area contributed by atoms with Crippen molar-refractivity contribution in [2.75, 3.05) is 39.3 Å². The van der Waals surface area contributed by atoms with E-state index in [4.69, 9.17) is 5.11 Å². The van der Waals surface area contributed by atoms with Gasteiger partial charge in [-0.3, -0.25) is 14.8 Å². The van der Waals surface area contributed by atoms with Crippen LogP contribution in [0.15, 0.2) is 6.33 Å². The molecule has 1 saturated heterocycles. The van der Waals surface area contributed by atoms with Crippen molar-refractivity contribution in [3.8, 4) is 0 Å². The monoisotopic (exact) mass is 296 g/mol. The van der Waals surface area contributed by atoms with Crippen LogP contribution in [0.25, 0.3) is 0 Å². The van der Waals surface area contributed by atoms with E-state index in [1.165, 1.54) is 6.33 Å². The molecule has 0 aromatic carbocycles. The number of carboxylic acid groups (broad SMARTS) is 1. The first-order valence-electron chi connectivity index (χ1n) is 6.96. The molecule has 21 heavy (non-hydrogen) atoms. The number of hydrogen-bond donors (Lipinski definition) is 3. The Labute approximate surface area is 122 Å². The van der Waals surface area contributed by atoms with Crippen LogP contribution in [0.4, 0.5) is 4.79 Å². The van der Waals surface area contributed by atoms with Crippen LogP contribution in [0.3, 0.4) is 0 Å². The fourth-order valence-corrected chi connectivity index (χ4v) is 2.18. The third kappa shape index (κ3) is 5.03. The number of aromatic amines is 1. The molecule has 0 aliphatic carbocycles. The number of H-pyrrole nitrogens is 1. The van der Waals surface area contributed by atoms with E-state index in [2.05, 4.69) is 25.4 Å². The summed E-state index contributed by atoms with van der Waals surface area (Å²) in [5.74, 6) is -0.0450. The molecule has 1 fully saturated rings. The van der Waals surface area contributed by atoms with E-state index in [1.807, 2.05) is 0 Å². The highest BCUT2D eigenvalue weighted by molar-refractivity contribution is 5.74. The molecule has 1 aromatic rings. The first kappa shape index (κ1) is 15.2. The second-order valence-corrected chi connectivity index (χ2v) is 4.89. The van der Waals surface area contributed by atoms with E-state index in [0.717, 1.165) is 5.82 Å². The van der Waals surface area contributed by atoms with Gasteiger partial charge in [0.1, 0.15) is 12.2 Å². The smallest absolute Gasteiger partial charge is 0.317 e. The molecule has 0 unspecified atom stereocenters. The number of aromatic nitrogens is 3. The van der Waals surface area contributed by atoms with Crippen molar-refractivity contribution < 1.29 is 14.7 Å². The number of amides is 2. The highest BCUT2D eigenvalue weighted by atomic mass is 16.4. The highest BCUT2D eigenvalue weighted by Gasteiger charge is 2.20. The SMILES string of the molecule is O=C(O)CCN1CCN(C(=O)NCCc2ncn[nH]2)CC1. The van der Waals surface area contributed by atoms with E-state index < -0.39 is 5.97 Å². The number of aliphatic carboxylic acids is 1. The van der Waals surface area contributed by atoms with Crippen molar-refractivity contribution in [2.45, 2.75) is 12.8 Å². The molecule has 116 valence electrons. The van der Waals surface area contributed by atoms with Crippen LogP contribution in [0.2, 0.25) is 0 Å². The summed E-state index contributed by atoms with van der Waals surface area (Å²) in [4.78, 5) is 30.3. The van der Waals surface area contributed by atoms with Gasteiger partial charge in [-0.25, -0.2) is 9.78 Å². The van der Waals surface area contributed by atoms with Crippen LogP contribution in [0.5, 0.6) is 0 Å². The normalized spacial score (nSPS) is 15.9. The van der Waals surface area contributed by atoms with Gasteiger partial charge in [-0.15, -0.1) is 0 Å². The highest BCUT2D eigenvalue weighted by Crippen LogP contribution is 2.03. The summed E-state index contributed by atoms with van der Waals surface area (Å²) in [6, 6.07) is -0.0904. The molecule has 3 N–H and O–H groups in total. The van der Waals surface area contributed by atoms with Crippen molar-refractivity contribution in [1.82, 2.24) is 30.3 Å². The maximum Gasteiger partial charge on any atom is 0.317 e. The zero-order valence-electron chi connectivity index (χ0n) is 11.8. The summed E-state index contributed by atoms with van der Waals surface area (Å²) in [6.45, 7) is 3.71. The lowest BCUT2D eigenvalue weighted by Crippen LogP contribution is -2.52. The number of urea groups is 1. The lowest BCUT2D eigenvalue weighted by Gasteiger charge is -2.34. The molecule has 9 heteroatoms. The van der Waals surface area contributed by atoms with Crippen LogP contribution < -0.4 is 5.32 Å². The summed E-state index contributed by atoms with van der Waals surface area (Å²) >= 11 is 0. The summed E-state index contributed by atoms with van der Waals surface area (Å²) in [5.41, 5.74) is 0. The number of rotatable bonds is 6. The Morgan fingerprint density at radius 3 is 2.71 bits per heavy atom. The van der Waals surface area contributed by atoms with Crippen LogP contribution in [-0.2, 0) is 11.2 Å². The number of carbonyl (C=O) groups is 2. The van der Waals surface area contributed by atoms with Crippen LogP contribution in [0, 0.1) is 0 Å². The third-order valence-electron chi connectivity index (χ3n) is 3.40. The second kappa shape index (κ2) is 7.58. The number of piperazine rings is 1. The van der Waals surface area contributed by atoms with Crippen molar-refractivity contribution in [2.24, 2.45) is 0 Å². The first-order chi connectivity index (χ1) is 10.1. The Balaban J connectivity index is 1.62. The zero-order chi connectivity index (χ0) is 15.1. The molecule has 0 atom stereocenters. The van der Waals surface area contributed by atoms with Crippen LogP contribution in [-0.4, -0.2) is 81.4 Å². The standard InChI is InChI=1S/C12H20N6O3/c19-11(20)2-4-17-5-7-18(8-6-17)12(21)13-3-1-10-14-9-15-16-10/h9H,1-8H2,(H,13,21)(H,19,20)(H,14,15,16). The van der Waals surface area contributed by atoms with E-state index in [0.29, 0.717) is 45.7 Å². The van der Waals surface area contributed by atoms with Gasteiger partial charge in [0.15, 0.2) is 0 Å². The Morgan fingerprint density at radius 1 is 1.33 bits per heavy atom. The molecule has 0 saturated carbocycles. The summed E-state index contributed by atoms with van der Waals surface area (Å²) < 4.78 is 0. The van der Waals surface area contributed by atoms with Gasteiger partial charge in [-0.05, 0) is 0 Å². The predicted octanol–water partition coefficient (Wildman–Crippen LogP) is -0.851. The molecule has 9 nitrogen and oxygen atoms in total. The minimum Gasteiger partial charge on any atom is -0.481 e. The second-order valence-electron chi connectivity index (χ2n) is 4.89. The van der Waals surface area contributed by atoms with E-state index in [1.54, 1.807) is 4.90 Å². The summed E-state index contributed by atoms with van der Waals surface area (Å²) in [5, 5.41) is 18.0. The van der Waals surface area contributed by atoms with Crippen molar-refractivity contribution in [3.05, 3.63) is 12.2 Å². The third-order valence-corrected chi connectivity index (χ3v) is 3.40. The van der Waals surface area contributed by atoms with Gasteiger partial charge >= 0.3 is 12.0 Å². The van der Waals surface area contributed by atoms with Gasteiger partial charge in [0, 0.05) is 45.7 Å². The van der Waals surface area contributed by atoms with Gasteiger partial charge in [0.05, 0.1) is 6.42 Å². The molecule has 0 radical (unpaired) electrons. The lowest BCUT2D eigenvalue weighted by atomic mass is 10.3.